The summed E-state index contributed by atoms with van der Waals surface area (Å²) in [6, 6.07) is 9.72. The number of nitrogens with one attached hydrogen (secondary N) is 1. The highest BCUT2D eigenvalue weighted by Crippen LogP contribution is 2.26. The predicted molar refractivity (Wildman–Crippen MR) is 129 cm³/mol. The maximum atomic E-state index is 5.98. The molecule has 0 bridgehead atoms. The molecule has 6 nitrogen and oxygen atoms in total. The van der Waals surface area contributed by atoms with Crippen molar-refractivity contribution >= 4 is 11.6 Å². The molecule has 0 spiro atoms. The van der Waals surface area contributed by atoms with Gasteiger partial charge in [0.05, 0.1) is 6.10 Å². The van der Waals surface area contributed by atoms with Crippen LogP contribution in [0.3, 0.4) is 0 Å². The van der Waals surface area contributed by atoms with E-state index in [4.69, 9.17) is 9.47 Å². The van der Waals surface area contributed by atoms with Crippen molar-refractivity contribution < 1.29 is 9.47 Å². The van der Waals surface area contributed by atoms with Crippen LogP contribution < -0.4 is 10.2 Å². The summed E-state index contributed by atoms with van der Waals surface area (Å²) in [6.07, 6.45) is 10.2. The van der Waals surface area contributed by atoms with Gasteiger partial charge in [0.2, 0.25) is 0 Å². The fourth-order valence-corrected chi connectivity index (χ4v) is 4.73. The Kier molecular flexibility index (Phi) is 9.94. The molecule has 0 amide bonds. The number of aliphatic imine (C=N–C) groups is 1. The Hall–Kier alpha value is -1.79. The molecule has 1 aliphatic carbocycles. The molecule has 1 N–H and O–H groups in total. The van der Waals surface area contributed by atoms with Crippen molar-refractivity contribution in [1.29, 1.82) is 0 Å². The number of methoxy groups -OCH3 is 1. The summed E-state index contributed by atoms with van der Waals surface area (Å²) < 4.78 is 11.1. The Balaban J connectivity index is 1.41. The lowest BCUT2D eigenvalue weighted by molar-refractivity contribution is 0.00989. The Morgan fingerprint density at radius 2 is 1.77 bits per heavy atom. The molecule has 2 fully saturated rings. The van der Waals surface area contributed by atoms with E-state index in [1.54, 1.807) is 7.11 Å². The molecule has 2 aliphatic rings. The maximum absolute atomic E-state index is 5.98. The first-order valence-electron chi connectivity index (χ1n) is 12.1. The summed E-state index contributed by atoms with van der Waals surface area (Å²) in [7, 11) is 5.86. The maximum Gasteiger partial charge on any atom is 0.193 e. The van der Waals surface area contributed by atoms with Crippen LogP contribution >= 0.6 is 0 Å². The molecule has 1 aromatic carbocycles. The largest absolute Gasteiger partial charge is 0.385 e. The van der Waals surface area contributed by atoms with Crippen LogP contribution in [0.25, 0.3) is 0 Å². The molecular formula is C25H42N4O2. The van der Waals surface area contributed by atoms with Crippen LogP contribution in [0.5, 0.6) is 0 Å². The third-order valence-corrected chi connectivity index (χ3v) is 6.72. The lowest BCUT2D eigenvalue weighted by atomic mass is 9.94. The van der Waals surface area contributed by atoms with Crippen molar-refractivity contribution in [3.8, 4) is 0 Å². The van der Waals surface area contributed by atoms with Crippen LogP contribution in [-0.2, 0) is 16.0 Å². The Morgan fingerprint density at radius 3 is 2.42 bits per heavy atom. The highest BCUT2D eigenvalue weighted by atomic mass is 16.5. The average Bonchev–Trinajstić information content (AvgIpc) is 2.83. The summed E-state index contributed by atoms with van der Waals surface area (Å²) in [4.78, 5) is 9.33. The van der Waals surface area contributed by atoms with Crippen molar-refractivity contribution in [3.05, 3.63) is 29.8 Å². The first kappa shape index (κ1) is 23.9. The van der Waals surface area contributed by atoms with Crippen molar-refractivity contribution in [2.45, 2.75) is 70.1 Å². The van der Waals surface area contributed by atoms with E-state index in [0.717, 1.165) is 58.1 Å². The fraction of sp³-hybridized carbons (Fsp3) is 0.720. The summed E-state index contributed by atoms with van der Waals surface area (Å²) in [5.74, 6) is 0.987. The zero-order valence-corrected chi connectivity index (χ0v) is 19.8. The fourth-order valence-electron chi connectivity index (χ4n) is 4.73. The van der Waals surface area contributed by atoms with Crippen molar-refractivity contribution in [3.63, 3.8) is 0 Å². The second kappa shape index (κ2) is 12.9. The average molecular weight is 431 g/mol. The van der Waals surface area contributed by atoms with Gasteiger partial charge in [-0.05, 0) is 49.8 Å². The van der Waals surface area contributed by atoms with Gasteiger partial charge in [-0.3, -0.25) is 4.99 Å². The lowest BCUT2D eigenvalue weighted by Crippen LogP contribution is -2.46. The number of likely N-dealkylation sites (tertiary alicyclic amines) is 1. The van der Waals surface area contributed by atoms with E-state index in [1.165, 1.54) is 43.4 Å². The minimum Gasteiger partial charge on any atom is -0.385 e. The molecule has 3 rings (SSSR count). The van der Waals surface area contributed by atoms with E-state index < -0.39 is 0 Å². The van der Waals surface area contributed by atoms with Gasteiger partial charge in [-0.1, -0.05) is 31.4 Å². The first-order valence-corrected chi connectivity index (χ1v) is 12.1. The standard InChI is InChI=1S/C25H42N4O2/c1-26-25(29-16-14-24(15-17-29)31-19-7-18-30-3)27-20-21-10-12-23(13-11-21)28(2)22-8-5-4-6-9-22/h10-13,22,24H,4-9,14-20H2,1-3H3,(H,26,27). The summed E-state index contributed by atoms with van der Waals surface area (Å²) >= 11 is 0. The smallest absolute Gasteiger partial charge is 0.193 e. The summed E-state index contributed by atoms with van der Waals surface area (Å²) in [6.45, 7) is 4.33. The molecule has 31 heavy (non-hydrogen) atoms. The van der Waals surface area contributed by atoms with E-state index in [9.17, 15) is 0 Å². The van der Waals surface area contributed by atoms with Crippen LogP contribution in [0.1, 0.15) is 56.9 Å². The van der Waals surface area contributed by atoms with Crippen LogP contribution in [0.4, 0.5) is 5.69 Å². The van der Waals surface area contributed by atoms with Crippen LogP contribution in [0.15, 0.2) is 29.3 Å². The quantitative estimate of drug-likeness (QED) is 0.364. The SMILES string of the molecule is CN=C(NCc1ccc(N(C)C2CCCCC2)cc1)N1CCC(OCCCOC)CC1. The molecule has 1 aromatic rings. The van der Waals surface area contributed by atoms with Gasteiger partial charge in [-0.25, -0.2) is 0 Å². The van der Waals surface area contributed by atoms with Gasteiger partial charge in [0.25, 0.3) is 0 Å². The molecule has 1 heterocycles. The summed E-state index contributed by atoms with van der Waals surface area (Å²) in [5.41, 5.74) is 2.62. The molecule has 1 saturated heterocycles. The van der Waals surface area contributed by atoms with Crippen LogP contribution in [0, 0.1) is 0 Å². The van der Waals surface area contributed by atoms with Gasteiger partial charge >= 0.3 is 0 Å². The number of ether oxygens (including phenoxy) is 2. The topological polar surface area (TPSA) is 49.3 Å². The number of rotatable bonds is 9. The molecule has 1 saturated carbocycles. The molecule has 174 valence electrons. The molecular weight excluding hydrogens is 388 g/mol. The van der Waals surface area contributed by atoms with E-state index in [2.05, 4.69) is 51.4 Å². The molecule has 0 aromatic heterocycles. The van der Waals surface area contributed by atoms with Gasteiger partial charge in [0.15, 0.2) is 5.96 Å². The zero-order chi connectivity index (χ0) is 21.9. The molecule has 0 unspecified atom stereocenters. The van der Waals surface area contributed by atoms with Crippen molar-refractivity contribution in [1.82, 2.24) is 10.2 Å². The van der Waals surface area contributed by atoms with E-state index in [0.29, 0.717) is 12.1 Å². The molecule has 0 atom stereocenters. The number of benzene rings is 1. The second-order valence-electron chi connectivity index (χ2n) is 8.87. The number of piperidine rings is 1. The van der Waals surface area contributed by atoms with Gasteiger partial charge < -0.3 is 24.6 Å². The number of anilines is 1. The van der Waals surface area contributed by atoms with E-state index in [1.807, 2.05) is 7.05 Å². The number of hydrogen-bond donors (Lipinski definition) is 1. The molecule has 0 radical (unpaired) electrons. The molecule has 6 heteroatoms. The highest BCUT2D eigenvalue weighted by Gasteiger charge is 2.22. The number of hydrogen-bond acceptors (Lipinski definition) is 4. The first-order chi connectivity index (χ1) is 15.2. The normalized spacial score (nSPS) is 18.9. The second-order valence-corrected chi connectivity index (χ2v) is 8.87. The van der Waals surface area contributed by atoms with E-state index >= 15 is 0 Å². The van der Waals surface area contributed by atoms with Crippen LogP contribution in [-0.4, -0.2) is 70.5 Å². The monoisotopic (exact) mass is 430 g/mol. The van der Waals surface area contributed by atoms with Crippen molar-refractivity contribution in [2.75, 3.05) is 52.4 Å². The number of nitrogens with zero attached hydrogens (tertiary/aromatic N) is 3. The van der Waals surface area contributed by atoms with Gasteiger partial charge in [0, 0.05) is 65.8 Å². The number of guanidine groups is 1. The Bertz CT molecular complexity index is 650. The predicted octanol–water partition coefficient (Wildman–Crippen LogP) is 4.05. The summed E-state index contributed by atoms with van der Waals surface area (Å²) in [5, 5.41) is 3.55. The van der Waals surface area contributed by atoms with Crippen molar-refractivity contribution in [2.24, 2.45) is 4.99 Å². The Morgan fingerprint density at radius 1 is 1.06 bits per heavy atom. The van der Waals surface area contributed by atoms with Crippen LogP contribution in [0.2, 0.25) is 0 Å². The molecule has 1 aliphatic heterocycles. The van der Waals surface area contributed by atoms with E-state index in [-0.39, 0.29) is 0 Å². The third-order valence-electron chi connectivity index (χ3n) is 6.72. The minimum absolute atomic E-state index is 0.361. The van der Waals surface area contributed by atoms with Gasteiger partial charge in [-0.2, -0.15) is 0 Å². The minimum atomic E-state index is 0.361. The third kappa shape index (κ3) is 7.39. The zero-order valence-electron chi connectivity index (χ0n) is 19.8. The van der Waals surface area contributed by atoms with Gasteiger partial charge in [0.1, 0.15) is 0 Å². The lowest BCUT2D eigenvalue weighted by Gasteiger charge is -2.34. The highest BCUT2D eigenvalue weighted by molar-refractivity contribution is 5.80. The van der Waals surface area contributed by atoms with Gasteiger partial charge in [-0.15, -0.1) is 0 Å². The Labute approximate surface area is 189 Å².